The molecule has 0 aromatic heterocycles. The van der Waals surface area contributed by atoms with Gasteiger partial charge in [-0.25, -0.2) is 0 Å². The number of hydrogen-bond donors (Lipinski definition) is 2. The lowest BCUT2D eigenvalue weighted by atomic mass is 10.3. The van der Waals surface area contributed by atoms with Crippen molar-refractivity contribution in [3.63, 3.8) is 0 Å². The van der Waals surface area contributed by atoms with Gasteiger partial charge in [0.1, 0.15) is 0 Å². The van der Waals surface area contributed by atoms with Crippen LogP contribution in [0.25, 0.3) is 0 Å². The third-order valence-corrected chi connectivity index (χ3v) is 1.72. The van der Waals surface area contributed by atoms with Crippen LogP contribution in [0.4, 0.5) is 0 Å². The number of para-hydroxylation sites is 1. The maximum absolute atomic E-state index is 10.2. The molecule has 0 heterocycles. The molecule has 60 valence electrons. The van der Waals surface area contributed by atoms with Gasteiger partial charge in [-0.2, -0.15) is 4.21 Å². The van der Waals surface area contributed by atoms with Crippen LogP contribution >= 0.6 is 12.6 Å². The van der Waals surface area contributed by atoms with E-state index in [1.807, 2.05) is 0 Å². The van der Waals surface area contributed by atoms with Crippen LogP contribution in [0.2, 0.25) is 0 Å². The van der Waals surface area contributed by atoms with Gasteiger partial charge in [0.2, 0.25) is 0 Å². The molecule has 0 spiro atoms. The van der Waals surface area contributed by atoms with E-state index >= 15 is 0 Å². The van der Waals surface area contributed by atoms with Crippen molar-refractivity contribution in [2.24, 2.45) is 0 Å². The summed E-state index contributed by atoms with van der Waals surface area (Å²) in [5, 5.41) is 0. The van der Waals surface area contributed by atoms with E-state index in [2.05, 4.69) is 16.8 Å². The van der Waals surface area contributed by atoms with E-state index in [0.29, 0.717) is 10.6 Å². The summed E-state index contributed by atoms with van der Waals surface area (Å²) in [7, 11) is 0. The van der Waals surface area contributed by atoms with Crippen LogP contribution in [0.15, 0.2) is 29.2 Å². The number of hydrogen-bond acceptors (Lipinski definition) is 3. The van der Waals surface area contributed by atoms with Crippen molar-refractivity contribution in [2.45, 2.75) is 4.90 Å². The molecule has 0 bridgehead atoms. The van der Waals surface area contributed by atoms with Crippen molar-refractivity contribution >= 4 is 24.0 Å². The molecule has 0 amide bonds. The predicted molar refractivity (Wildman–Crippen MR) is 45.1 cm³/mol. The van der Waals surface area contributed by atoms with Crippen LogP contribution in [-0.2, 0) is 11.4 Å². The topological polar surface area (TPSA) is 46.5 Å². The van der Waals surface area contributed by atoms with E-state index in [9.17, 15) is 4.21 Å². The summed E-state index contributed by atoms with van der Waals surface area (Å²) in [6, 6.07) is 6.69. The Labute approximate surface area is 72.3 Å². The van der Waals surface area contributed by atoms with Gasteiger partial charge in [0.05, 0.1) is 0 Å². The van der Waals surface area contributed by atoms with Crippen LogP contribution in [0.1, 0.15) is 0 Å². The van der Waals surface area contributed by atoms with Crippen molar-refractivity contribution in [2.75, 3.05) is 0 Å². The highest BCUT2D eigenvalue weighted by molar-refractivity contribution is 7.80. The average molecular weight is 190 g/mol. The molecule has 1 N–H and O–H groups in total. The Hall–Kier alpha value is -0.520. The SMILES string of the molecule is O=S(O)Oc1ccccc1S. The molecule has 3 nitrogen and oxygen atoms in total. The average Bonchev–Trinajstić information content (AvgIpc) is 1.93. The normalized spacial score (nSPS) is 12.5. The number of rotatable bonds is 2. The van der Waals surface area contributed by atoms with E-state index in [1.165, 1.54) is 0 Å². The molecule has 1 aromatic rings. The first-order valence-corrected chi connectivity index (χ1v) is 4.25. The Morgan fingerprint density at radius 3 is 2.64 bits per heavy atom. The highest BCUT2D eigenvalue weighted by Crippen LogP contribution is 2.21. The molecule has 1 atom stereocenters. The van der Waals surface area contributed by atoms with Gasteiger partial charge in [0.15, 0.2) is 5.75 Å². The van der Waals surface area contributed by atoms with Crippen molar-refractivity contribution < 1.29 is 12.9 Å². The summed E-state index contributed by atoms with van der Waals surface area (Å²) in [6.07, 6.45) is 0. The molecule has 5 heteroatoms. The predicted octanol–water partition coefficient (Wildman–Crippen LogP) is 1.49. The largest absolute Gasteiger partial charge is 0.379 e. The number of thiol groups is 1. The highest BCUT2D eigenvalue weighted by atomic mass is 32.2. The summed E-state index contributed by atoms with van der Waals surface area (Å²) in [5.41, 5.74) is 0. The Morgan fingerprint density at radius 1 is 1.45 bits per heavy atom. The van der Waals surface area contributed by atoms with E-state index in [4.69, 9.17) is 4.55 Å². The Bertz CT molecular complexity index is 274. The third-order valence-electron chi connectivity index (χ3n) is 1.03. The molecule has 0 radical (unpaired) electrons. The van der Waals surface area contributed by atoms with E-state index in [1.54, 1.807) is 24.3 Å². The second kappa shape index (κ2) is 3.75. The zero-order valence-corrected chi connectivity index (χ0v) is 7.14. The maximum atomic E-state index is 10.2. The molecule has 1 aromatic carbocycles. The molecular formula is C6H6O3S2. The van der Waals surface area contributed by atoms with Crippen molar-refractivity contribution in [3.8, 4) is 5.75 Å². The Morgan fingerprint density at radius 2 is 2.09 bits per heavy atom. The van der Waals surface area contributed by atoms with Gasteiger partial charge in [-0.1, -0.05) is 12.1 Å². The van der Waals surface area contributed by atoms with Gasteiger partial charge in [-0.05, 0) is 12.1 Å². The molecule has 0 saturated carbocycles. The summed E-state index contributed by atoms with van der Waals surface area (Å²) < 4.78 is 23.0. The van der Waals surface area contributed by atoms with Crippen molar-refractivity contribution in [1.29, 1.82) is 0 Å². The lowest BCUT2D eigenvalue weighted by Gasteiger charge is -2.00. The van der Waals surface area contributed by atoms with Crippen LogP contribution < -0.4 is 4.18 Å². The first-order chi connectivity index (χ1) is 5.20. The molecule has 0 aliphatic rings. The van der Waals surface area contributed by atoms with E-state index in [-0.39, 0.29) is 0 Å². The molecule has 0 aliphatic heterocycles. The summed E-state index contributed by atoms with van der Waals surface area (Å²) >= 11 is 1.73. The first kappa shape index (κ1) is 8.58. The summed E-state index contributed by atoms with van der Waals surface area (Å²) in [6.45, 7) is 0. The summed E-state index contributed by atoms with van der Waals surface area (Å²) in [4.78, 5) is 0.537. The Balaban J connectivity index is 2.86. The molecule has 1 rings (SSSR count). The van der Waals surface area contributed by atoms with Crippen LogP contribution in [0.3, 0.4) is 0 Å². The summed E-state index contributed by atoms with van der Waals surface area (Å²) in [5.74, 6) is 0.302. The molecule has 0 fully saturated rings. The quantitative estimate of drug-likeness (QED) is 0.548. The molecule has 1 unspecified atom stereocenters. The van der Waals surface area contributed by atoms with Gasteiger partial charge in [-0.15, -0.1) is 12.6 Å². The highest BCUT2D eigenvalue weighted by Gasteiger charge is 2.00. The van der Waals surface area contributed by atoms with Crippen molar-refractivity contribution in [1.82, 2.24) is 0 Å². The van der Waals surface area contributed by atoms with Crippen molar-refractivity contribution in [3.05, 3.63) is 24.3 Å². The second-order valence-electron chi connectivity index (χ2n) is 1.77. The van der Waals surface area contributed by atoms with E-state index < -0.39 is 11.4 Å². The van der Waals surface area contributed by atoms with Crippen LogP contribution in [0.5, 0.6) is 5.75 Å². The van der Waals surface area contributed by atoms with Gasteiger partial charge in [-0.3, -0.25) is 4.55 Å². The fourth-order valence-corrected chi connectivity index (χ4v) is 1.17. The van der Waals surface area contributed by atoms with Gasteiger partial charge >= 0.3 is 11.4 Å². The zero-order chi connectivity index (χ0) is 8.27. The minimum absolute atomic E-state index is 0.302. The van der Waals surface area contributed by atoms with Crippen LogP contribution in [-0.4, -0.2) is 8.76 Å². The maximum Gasteiger partial charge on any atom is 0.357 e. The zero-order valence-electron chi connectivity index (χ0n) is 5.43. The third kappa shape index (κ3) is 2.53. The lowest BCUT2D eigenvalue weighted by molar-refractivity contribution is 0.453. The minimum atomic E-state index is -2.28. The van der Waals surface area contributed by atoms with Gasteiger partial charge in [0, 0.05) is 4.90 Å². The van der Waals surface area contributed by atoms with Crippen LogP contribution in [0, 0.1) is 0 Å². The second-order valence-corrected chi connectivity index (χ2v) is 2.85. The van der Waals surface area contributed by atoms with Gasteiger partial charge in [0.25, 0.3) is 0 Å². The van der Waals surface area contributed by atoms with E-state index in [0.717, 1.165) is 0 Å². The fourth-order valence-electron chi connectivity index (χ4n) is 0.604. The van der Waals surface area contributed by atoms with Gasteiger partial charge < -0.3 is 4.18 Å². The minimum Gasteiger partial charge on any atom is -0.379 e. The molecule has 0 aliphatic carbocycles. The number of benzene rings is 1. The fraction of sp³-hybridized carbons (Fsp3) is 0. The molecular weight excluding hydrogens is 184 g/mol. The molecule has 11 heavy (non-hydrogen) atoms. The monoisotopic (exact) mass is 190 g/mol. The standard InChI is InChI=1S/C6H6O3S2/c7-11(8)9-5-3-1-2-4-6(5)10/h1-4,10H,(H,7,8). The molecule has 0 saturated heterocycles. The first-order valence-electron chi connectivity index (χ1n) is 2.77. The smallest absolute Gasteiger partial charge is 0.357 e. The lowest BCUT2D eigenvalue weighted by Crippen LogP contribution is -1.97. The Kier molecular flexibility index (Phi) is 2.92.